The number of benzene rings is 9. The molecule has 0 bridgehead atoms. The average molecular weight is 654 g/mol. The summed E-state index contributed by atoms with van der Waals surface area (Å²) in [7, 11) is 0. The molecule has 1 aromatic heterocycles. The molecule has 0 fully saturated rings. The predicted molar refractivity (Wildman–Crippen MR) is 217 cm³/mol. The molecule has 2 heteroatoms. The van der Waals surface area contributed by atoms with Crippen LogP contribution in [0.3, 0.4) is 0 Å². The van der Waals surface area contributed by atoms with Crippen molar-refractivity contribution in [2.45, 2.75) is 0 Å². The minimum atomic E-state index is 1.12. The second-order valence-electron chi connectivity index (χ2n) is 12.9. The molecule has 0 spiro atoms. The van der Waals surface area contributed by atoms with Crippen LogP contribution in [0.5, 0.6) is 0 Å². The van der Waals surface area contributed by atoms with Gasteiger partial charge in [0.1, 0.15) is 0 Å². The summed E-state index contributed by atoms with van der Waals surface area (Å²) in [4.78, 5) is 2.45. The van der Waals surface area contributed by atoms with Gasteiger partial charge in [0.05, 0.1) is 11.4 Å². The van der Waals surface area contributed by atoms with E-state index in [0.717, 1.165) is 11.4 Å². The van der Waals surface area contributed by atoms with Gasteiger partial charge in [-0.15, -0.1) is 11.3 Å². The highest BCUT2D eigenvalue weighted by Crippen LogP contribution is 2.47. The van der Waals surface area contributed by atoms with Crippen molar-refractivity contribution >= 4 is 80.9 Å². The standard InChI is InChI=1S/C48H31NS/c1-2-11-33(12-3-1)39-14-6-8-17-43(39)49(44-18-10-20-46-48(44)41-16-7-9-19-45(41)50-46)38-29-27-32(28-30-38)37-26-23-35-22-25-36-24-21-34-13-4-5-15-40(34)47(36)42(35)31-37/h1-31H. The zero-order valence-electron chi connectivity index (χ0n) is 27.3. The van der Waals surface area contributed by atoms with Crippen molar-refractivity contribution in [1.82, 2.24) is 0 Å². The first-order chi connectivity index (χ1) is 24.8. The first-order valence-electron chi connectivity index (χ1n) is 17.1. The zero-order chi connectivity index (χ0) is 33.0. The van der Waals surface area contributed by atoms with Crippen molar-refractivity contribution in [2.24, 2.45) is 0 Å². The van der Waals surface area contributed by atoms with Crippen LogP contribution in [0.4, 0.5) is 17.1 Å². The van der Waals surface area contributed by atoms with Crippen LogP contribution >= 0.6 is 11.3 Å². The first kappa shape index (κ1) is 28.8. The van der Waals surface area contributed by atoms with E-state index in [4.69, 9.17) is 0 Å². The maximum absolute atomic E-state index is 2.45. The molecule has 0 N–H and O–H groups in total. The van der Waals surface area contributed by atoms with E-state index >= 15 is 0 Å². The Labute approximate surface area is 294 Å². The molecule has 0 aliphatic heterocycles. The van der Waals surface area contributed by atoms with Crippen molar-refractivity contribution in [3.05, 3.63) is 188 Å². The third-order valence-electron chi connectivity index (χ3n) is 10.0. The fourth-order valence-corrected chi connectivity index (χ4v) is 8.82. The lowest BCUT2D eigenvalue weighted by Crippen LogP contribution is -2.11. The normalized spacial score (nSPS) is 11.6. The van der Waals surface area contributed by atoms with Gasteiger partial charge in [0.2, 0.25) is 0 Å². The van der Waals surface area contributed by atoms with Crippen LogP contribution in [0.2, 0.25) is 0 Å². The Morgan fingerprint density at radius 1 is 0.340 bits per heavy atom. The number of thiophene rings is 1. The molecule has 0 aliphatic carbocycles. The molecule has 0 amide bonds. The molecule has 9 aromatic carbocycles. The number of nitrogens with zero attached hydrogens (tertiary/aromatic N) is 1. The van der Waals surface area contributed by atoms with Crippen LogP contribution in [0.15, 0.2) is 188 Å². The summed E-state index contributed by atoms with van der Waals surface area (Å²) in [5.74, 6) is 0. The number of fused-ring (bicyclic) bond motifs is 8. The molecule has 0 aliphatic rings. The Kier molecular flexibility index (Phi) is 6.75. The first-order valence-corrected chi connectivity index (χ1v) is 17.9. The van der Waals surface area contributed by atoms with Gasteiger partial charge in [0.25, 0.3) is 0 Å². The molecular weight excluding hydrogens is 623 g/mol. The van der Waals surface area contributed by atoms with E-state index in [1.54, 1.807) is 0 Å². The second-order valence-corrected chi connectivity index (χ2v) is 14.0. The largest absolute Gasteiger partial charge is 0.309 e. The summed E-state index contributed by atoms with van der Waals surface area (Å²) in [5.41, 5.74) is 8.26. The summed E-state index contributed by atoms with van der Waals surface area (Å²) in [6.07, 6.45) is 0. The number of para-hydroxylation sites is 1. The van der Waals surface area contributed by atoms with E-state index in [1.807, 2.05) is 11.3 Å². The highest BCUT2D eigenvalue weighted by Gasteiger charge is 2.21. The van der Waals surface area contributed by atoms with E-state index in [9.17, 15) is 0 Å². The van der Waals surface area contributed by atoms with Gasteiger partial charge in [-0.2, -0.15) is 0 Å². The zero-order valence-corrected chi connectivity index (χ0v) is 28.1. The summed E-state index contributed by atoms with van der Waals surface area (Å²) in [6.45, 7) is 0. The Balaban J connectivity index is 1.16. The quantitative estimate of drug-likeness (QED) is 0.167. The van der Waals surface area contributed by atoms with Crippen molar-refractivity contribution in [1.29, 1.82) is 0 Å². The molecule has 1 nitrogen and oxygen atoms in total. The maximum atomic E-state index is 2.45. The molecule has 234 valence electrons. The van der Waals surface area contributed by atoms with Gasteiger partial charge in [-0.1, -0.05) is 146 Å². The lowest BCUT2D eigenvalue weighted by Gasteiger charge is -2.29. The van der Waals surface area contributed by atoms with Crippen LogP contribution in [0.1, 0.15) is 0 Å². The Bertz CT molecular complexity index is 2860. The van der Waals surface area contributed by atoms with Gasteiger partial charge >= 0.3 is 0 Å². The SMILES string of the molecule is c1ccc(-c2ccccc2N(c2ccc(-c3ccc4ccc5ccc6ccccc6c5c4c3)cc2)c2cccc3sc4ccccc4c23)cc1. The second kappa shape index (κ2) is 11.7. The molecular formula is C48H31NS. The molecule has 0 saturated heterocycles. The van der Waals surface area contributed by atoms with Crippen molar-refractivity contribution < 1.29 is 0 Å². The summed E-state index contributed by atoms with van der Waals surface area (Å²) >= 11 is 1.86. The smallest absolute Gasteiger partial charge is 0.0555 e. The third-order valence-corrected chi connectivity index (χ3v) is 11.2. The Hall–Kier alpha value is -6.22. The van der Waals surface area contributed by atoms with Gasteiger partial charge < -0.3 is 4.90 Å². The van der Waals surface area contributed by atoms with Gasteiger partial charge in [0.15, 0.2) is 0 Å². The Morgan fingerprint density at radius 2 is 0.960 bits per heavy atom. The van der Waals surface area contributed by atoms with E-state index in [-0.39, 0.29) is 0 Å². The topological polar surface area (TPSA) is 3.24 Å². The van der Waals surface area contributed by atoms with Crippen LogP contribution in [0.25, 0.3) is 74.7 Å². The van der Waals surface area contributed by atoms with Crippen LogP contribution < -0.4 is 4.90 Å². The van der Waals surface area contributed by atoms with E-state index in [1.165, 1.54) is 80.4 Å². The van der Waals surface area contributed by atoms with Gasteiger partial charge in [-0.05, 0) is 91.5 Å². The van der Waals surface area contributed by atoms with Crippen LogP contribution in [-0.4, -0.2) is 0 Å². The molecule has 10 rings (SSSR count). The number of anilines is 3. The molecule has 0 radical (unpaired) electrons. The molecule has 50 heavy (non-hydrogen) atoms. The number of hydrogen-bond acceptors (Lipinski definition) is 2. The monoisotopic (exact) mass is 653 g/mol. The highest BCUT2D eigenvalue weighted by atomic mass is 32.1. The minimum Gasteiger partial charge on any atom is -0.309 e. The fourth-order valence-electron chi connectivity index (χ4n) is 7.69. The van der Waals surface area contributed by atoms with Crippen LogP contribution in [-0.2, 0) is 0 Å². The lowest BCUT2D eigenvalue weighted by atomic mass is 9.94. The highest BCUT2D eigenvalue weighted by molar-refractivity contribution is 7.26. The van der Waals surface area contributed by atoms with Gasteiger partial charge in [0, 0.05) is 31.4 Å². The van der Waals surface area contributed by atoms with Crippen molar-refractivity contribution in [2.75, 3.05) is 4.90 Å². The molecule has 0 atom stereocenters. The summed E-state index contributed by atoms with van der Waals surface area (Å²) in [5, 5.41) is 10.3. The number of rotatable bonds is 5. The fraction of sp³-hybridized carbons (Fsp3) is 0. The van der Waals surface area contributed by atoms with Crippen molar-refractivity contribution in [3.63, 3.8) is 0 Å². The number of hydrogen-bond donors (Lipinski definition) is 0. The molecule has 0 unspecified atom stereocenters. The molecule has 1 heterocycles. The Morgan fingerprint density at radius 3 is 1.82 bits per heavy atom. The summed E-state index contributed by atoms with van der Waals surface area (Å²) < 4.78 is 2.59. The third kappa shape index (κ3) is 4.69. The minimum absolute atomic E-state index is 1.12. The average Bonchev–Trinajstić information content (AvgIpc) is 3.58. The lowest BCUT2D eigenvalue weighted by molar-refractivity contribution is 1.30. The van der Waals surface area contributed by atoms with Gasteiger partial charge in [-0.25, -0.2) is 0 Å². The predicted octanol–water partition coefficient (Wildman–Crippen LogP) is 14.3. The van der Waals surface area contributed by atoms with E-state index in [0.29, 0.717) is 0 Å². The van der Waals surface area contributed by atoms with Crippen molar-refractivity contribution in [3.8, 4) is 22.3 Å². The molecule has 0 saturated carbocycles. The maximum Gasteiger partial charge on any atom is 0.0555 e. The van der Waals surface area contributed by atoms with E-state index in [2.05, 4.69) is 193 Å². The van der Waals surface area contributed by atoms with Crippen LogP contribution in [0, 0.1) is 0 Å². The summed E-state index contributed by atoms with van der Waals surface area (Å²) in [6, 6.07) is 68.7. The molecule has 10 aromatic rings. The van der Waals surface area contributed by atoms with Gasteiger partial charge in [-0.3, -0.25) is 0 Å². The van der Waals surface area contributed by atoms with E-state index < -0.39 is 0 Å².